The minimum absolute atomic E-state index is 0.533. The van der Waals surface area contributed by atoms with Crippen LogP contribution < -0.4 is 0 Å². The summed E-state index contributed by atoms with van der Waals surface area (Å²) < 4.78 is 7.61. The largest absolute Gasteiger partial charge is 0.381 e. The Morgan fingerprint density at radius 3 is 3.07 bits per heavy atom. The van der Waals surface area contributed by atoms with Crippen LogP contribution in [0.1, 0.15) is 18.9 Å². The Balaban J connectivity index is 2.02. The van der Waals surface area contributed by atoms with Gasteiger partial charge in [0.25, 0.3) is 0 Å². The fourth-order valence-corrected chi connectivity index (χ4v) is 2.16. The fraction of sp³-hybridized carbons (Fsp3) is 0.455. The van der Waals surface area contributed by atoms with Gasteiger partial charge in [-0.1, -0.05) is 0 Å². The molecular formula is C11H13N3O. The number of nitrogens with zero attached hydrogens (tertiary/aromatic N) is 3. The van der Waals surface area contributed by atoms with Crippen LogP contribution in [-0.4, -0.2) is 27.7 Å². The summed E-state index contributed by atoms with van der Waals surface area (Å²) >= 11 is 0. The van der Waals surface area contributed by atoms with Crippen molar-refractivity contribution in [3.05, 3.63) is 24.8 Å². The van der Waals surface area contributed by atoms with Gasteiger partial charge in [-0.2, -0.15) is 0 Å². The van der Waals surface area contributed by atoms with Crippen molar-refractivity contribution in [3.63, 3.8) is 0 Å². The summed E-state index contributed by atoms with van der Waals surface area (Å²) in [5.74, 6) is 0. The van der Waals surface area contributed by atoms with Gasteiger partial charge in [-0.25, -0.2) is 9.97 Å². The van der Waals surface area contributed by atoms with Crippen LogP contribution in [0.5, 0.6) is 0 Å². The Morgan fingerprint density at radius 2 is 2.20 bits per heavy atom. The van der Waals surface area contributed by atoms with Crippen molar-refractivity contribution in [2.45, 2.75) is 18.9 Å². The quantitative estimate of drug-likeness (QED) is 0.709. The molecule has 0 unspecified atom stereocenters. The molecular weight excluding hydrogens is 190 g/mol. The van der Waals surface area contributed by atoms with Crippen molar-refractivity contribution >= 4 is 11.0 Å². The van der Waals surface area contributed by atoms with Crippen molar-refractivity contribution < 1.29 is 4.74 Å². The monoisotopic (exact) mass is 203 g/mol. The van der Waals surface area contributed by atoms with Gasteiger partial charge in [-0.15, -0.1) is 0 Å². The van der Waals surface area contributed by atoms with Crippen LogP contribution in [0.4, 0.5) is 0 Å². The lowest BCUT2D eigenvalue weighted by Crippen LogP contribution is -2.19. The zero-order valence-electron chi connectivity index (χ0n) is 8.47. The maximum absolute atomic E-state index is 5.36. The van der Waals surface area contributed by atoms with E-state index in [-0.39, 0.29) is 0 Å². The van der Waals surface area contributed by atoms with E-state index in [4.69, 9.17) is 4.74 Å². The summed E-state index contributed by atoms with van der Waals surface area (Å²) in [5.41, 5.74) is 1.04. The molecule has 0 N–H and O–H groups in total. The SMILES string of the molecule is c1ncc2ccn(C3CCOCC3)c2n1. The van der Waals surface area contributed by atoms with Gasteiger partial charge in [0, 0.05) is 37.0 Å². The van der Waals surface area contributed by atoms with Crippen molar-refractivity contribution in [1.82, 2.24) is 14.5 Å². The standard InChI is InChI=1S/C11H13N3O/c1-4-14(10-2-5-15-6-3-10)11-9(1)7-12-8-13-11/h1,4,7-8,10H,2-3,5-6H2. The van der Waals surface area contributed by atoms with Crippen LogP contribution in [0.2, 0.25) is 0 Å². The molecule has 1 saturated heterocycles. The number of ether oxygens (including phenoxy) is 1. The molecule has 1 fully saturated rings. The molecule has 0 bridgehead atoms. The van der Waals surface area contributed by atoms with Gasteiger partial charge in [0.1, 0.15) is 12.0 Å². The molecule has 1 aliphatic heterocycles. The molecule has 2 aromatic rings. The van der Waals surface area contributed by atoms with E-state index >= 15 is 0 Å². The number of fused-ring (bicyclic) bond motifs is 1. The number of rotatable bonds is 1. The van der Waals surface area contributed by atoms with E-state index in [1.165, 1.54) is 0 Å². The zero-order chi connectivity index (χ0) is 10.1. The third-order valence-corrected chi connectivity index (χ3v) is 2.96. The normalized spacial score (nSPS) is 18.4. The van der Waals surface area contributed by atoms with Crippen LogP contribution in [0.25, 0.3) is 11.0 Å². The van der Waals surface area contributed by atoms with E-state index in [1.54, 1.807) is 6.33 Å². The Bertz CT molecular complexity index is 460. The fourth-order valence-electron chi connectivity index (χ4n) is 2.16. The molecule has 3 rings (SSSR count). The Kier molecular flexibility index (Phi) is 2.14. The molecule has 0 radical (unpaired) electrons. The van der Waals surface area contributed by atoms with Gasteiger partial charge in [0.05, 0.1) is 0 Å². The van der Waals surface area contributed by atoms with Crippen LogP contribution in [0.3, 0.4) is 0 Å². The molecule has 0 aromatic carbocycles. The summed E-state index contributed by atoms with van der Waals surface area (Å²) in [4.78, 5) is 8.35. The van der Waals surface area contributed by atoms with Gasteiger partial charge in [-0.05, 0) is 18.9 Å². The van der Waals surface area contributed by atoms with Gasteiger partial charge < -0.3 is 9.30 Å². The highest BCUT2D eigenvalue weighted by molar-refractivity contribution is 5.74. The third kappa shape index (κ3) is 1.51. The minimum Gasteiger partial charge on any atom is -0.381 e. The maximum Gasteiger partial charge on any atom is 0.143 e. The topological polar surface area (TPSA) is 39.9 Å². The molecule has 0 amide bonds. The second-order valence-corrected chi connectivity index (χ2v) is 3.87. The van der Waals surface area contributed by atoms with Crippen LogP contribution in [0, 0.1) is 0 Å². The Hall–Kier alpha value is -1.42. The molecule has 0 saturated carbocycles. The molecule has 0 atom stereocenters. The first-order valence-corrected chi connectivity index (χ1v) is 5.29. The molecule has 78 valence electrons. The summed E-state index contributed by atoms with van der Waals surface area (Å²) in [6.45, 7) is 1.71. The van der Waals surface area contributed by atoms with E-state index in [0.29, 0.717) is 6.04 Å². The average Bonchev–Trinajstić information content (AvgIpc) is 2.74. The molecule has 1 aliphatic rings. The van der Waals surface area contributed by atoms with E-state index in [0.717, 1.165) is 37.1 Å². The lowest BCUT2D eigenvalue weighted by atomic mass is 10.1. The summed E-state index contributed by atoms with van der Waals surface area (Å²) in [6, 6.07) is 2.61. The molecule has 4 nitrogen and oxygen atoms in total. The van der Waals surface area contributed by atoms with Gasteiger partial charge in [-0.3, -0.25) is 0 Å². The minimum atomic E-state index is 0.533. The molecule has 4 heteroatoms. The van der Waals surface area contributed by atoms with Crippen molar-refractivity contribution in [2.24, 2.45) is 0 Å². The van der Waals surface area contributed by atoms with Crippen molar-refractivity contribution in [3.8, 4) is 0 Å². The predicted molar refractivity (Wildman–Crippen MR) is 56.6 cm³/mol. The lowest BCUT2D eigenvalue weighted by molar-refractivity contribution is 0.0706. The first-order valence-electron chi connectivity index (χ1n) is 5.29. The van der Waals surface area contributed by atoms with Crippen LogP contribution in [0.15, 0.2) is 24.8 Å². The van der Waals surface area contributed by atoms with Crippen LogP contribution >= 0.6 is 0 Å². The molecule has 15 heavy (non-hydrogen) atoms. The highest BCUT2D eigenvalue weighted by Crippen LogP contribution is 2.24. The Morgan fingerprint density at radius 1 is 1.33 bits per heavy atom. The molecule has 2 aromatic heterocycles. The summed E-state index contributed by atoms with van der Waals surface area (Å²) in [7, 11) is 0. The van der Waals surface area contributed by atoms with E-state index in [9.17, 15) is 0 Å². The average molecular weight is 203 g/mol. The van der Waals surface area contributed by atoms with E-state index < -0.39 is 0 Å². The highest BCUT2D eigenvalue weighted by atomic mass is 16.5. The van der Waals surface area contributed by atoms with Gasteiger partial charge >= 0.3 is 0 Å². The summed E-state index contributed by atoms with van der Waals surface area (Å²) in [6.07, 6.45) is 7.73. The van der Waals surface area contributed by atoms with Crippen LogP contribution in [-0.2, 0) is 4.74 Å². The van der Waals surface area contributed by atoms with Gasteiger partial charge in [0.15, 0.2) is 0 Å². The Labute approximate surface area is 87.9 Å². The number of hydrogen-bond acceptors (Lipinski definition) is 3. The van der Waals surface area contributed by atoms with Crippen molar-refractivity contribution in [2.75, 3.05) is 13.2 Å². The lowest BCUT2D eigenvalue weighted by Gasteiger charge is -2.23. The zero-order valence-corrected chi connectivity index (χ0v) is 8.47. The smallest absolute Gasteiger partial charge is 0.143 e. The highest BCUT2D eigenvalue weighted by Gasteiger charge is 2.17. The third-order valence-electron chi connectivity index (χ3n) is 2.96. The van der Waals surface area contributed by atoms with Gasteiger partial charge in [0.2, 0.25) is 0 Å². The number of aromatic nitrogens is 3. The van der Waals surface area contributed by atoms with Crippen molar-refractivity contribution in [1.29, 1.82) is 0 Å². The first-order chi connectivity index (χ1) is 7.45. The number of hydrogen-bond donors (Lipinski definition) is 0. The summed E-state index contributed by atoms with van der Waals surface area (Å²) in [5, 5.41) is 1.11. The second kappa shape index (κ2) is 3.62. The van der Waals surface area contributed by atoms with E-state index in [1.807, 2.05) is 6.20 Å². The molecule has 3 heterocycles. The maximum atomic E-state index is 5.36. The first kappa shape index (κ1) is 8.85. The predicted octanol–water partition coefficient (Wildman–Crippen LogP) is 1.78. The second-order valence-electron chi connectivity index (χ2n) is 3.87. The van der Waals surface area contributed by atoms with E-state index in [2.05, 4.69) is 26.8 Å². The molecule has 0 aliphatic carbocycles. The molecule has 0 spiro atoms.